The third kappa shape index (κ3) is 3.06. The number of aryl methyl sites for hydroxylation is 1. The first-order valence-corrected chi connectivity index (χ1v) is 5.04. The van der Waals surface area contributed by atoms with Crippen LogP contribution in [0.4, 0.5) is 0 Å². The molecule has 0 saturated carbocycles. The zero-order valence-electron chi connectivity index (χ0n) is 9.95. The second kappa shape index (κ2) is 5.30. The quantitative estimate of drug-likeness (QED) is 0.722. The SMILES string of the molecule is Cc1c(C(=O)N(CC(=O)O)CC(=O)O)cnn1C. The van der Waals surface area contributed by atoms with Gasteiger partial charge in [0.2, 0.25) is 0 Å². The summed E-state index contributed by atoms with van der Waals surface area (Å²) < 4.78 is 1.45. The molecule has 0 fully saturated rings. The topological polar surface area (TPSA) is 113 Å². The molecule has 1 aromatic heterocycles. The Balaban J connectivity index is 2.98. The van der Waals surface area contributed by atoms with Gasteiger partial charge in [-0.25, -0.2) is 0 Å². The van der Waals surface area contributed by atoms with Crippen LogP contribution in [-0.2, 0) is 16.6 Å². The van der Waals surface area contributed by atoms with Gasteiger partial charge in [-0.05, 0) is 6.92 Å². The molecule has 18 heavy (non-hydrogen) atoms. The maximum atomic E-state index is 12.0. The largest absolute Gasteiger partial charge is 0.480 e. The van der Waals surface area contributed by atoms with Crippen molar-refractivity contribution in [3.63, 3.8) is 0 Å². The summed E-state index contributed by atoms with van der Waals surface area (Å²) >= 11 is 0. The molecule has 0 saturated heterocycles. The second-order valence-electron chi connectivity index (χ2n) is 3.72. The Kier molecular flexibility index (Phi) is 4.03. The highest BCUT2D eigenvalue weighted by molar-refractivity contribution is 5.98. The molecule has 0 bridgehead atoms. The van der Waals surface area contributed by atoms with Crippen molar-refractivity contribution in [2.45, 2.75) is 6.92 Å². The number of aromatic nitrogens is 2. The Bertz CT molecular complexity index is 478. The van der Waals surface area contributed by atoms with Crippen LogP contribution in [0.3, 0.4) is 0 Å². The number of carboxylic acids is 2. The van der Waals surface area contributed by atoms with E-state index in [0.717, 1.165) is 4.90 Å². The van der Waals surface area contributed by atoms with Crippen LogP contribution in [0.5, 0.6) is 0 Å². The average molecular weight is 255 g/mol. The molecule has 0 radical (unpaired) electrons. The first kappa shape index (κ1) is 13.7. The number of hydrogen-bond donors (Lipinski definition) is 2. The Morgan fingerprint density at radius 3 is 2.11 bits per heavy atom. The monoisotopic (exact) mass is 255 g/mol. The fourth-order valence-corrected chi connectivity index (χ4v) is 1.41. The van der Waals surface area contributed by atoms with E-state index in [-0.39, 0.29) is 5.56 Å². The van der Waals surface area contributed by atoms with Gasteiger partial charge in [0.1, 0.15) is 13.1 Å². The highest BCUT2D eigenvalue weighted by atomic mass is 16.4. The van der Waals surface area contributed by atoms with Crippen LogP contribution >= 0.6 is 0 Å². The predicted octanol–water partition coefficient (Wildman–Crippen LogP) is -0.660. The highest BCUT2D eigenvalue weighted by Crippen LogP contribution is 2.09. The molecule has 98 valence electrons. The van der Waals surface area contributed by atoms with Gasteiger partial charge in [0.15, 0.2) is 0 Å². The number of nitrogens with zero attached hydrogens (tertiary/aromatic N) is 3. The lowest BCUT2D eigenvalue weighted by Gasteiger charge is -2.17. The lowest BCUT2D eigenvalue weighted by atomic mass is 10.2. The van der Waals surface area contributed by atoms with E-state index in [2.05, 4.69) is 5.10 Å². The van der Waals surface area contributed by atoms with Gasteiger partial charge >= 0.3 is 11.9 Å². The van der Waals surface area contributed by atoms with E-state index in [1.54, 1.807) is 14.0 Å². The number of carboxylic acid groups (broad SMARTS) is 2. The van der Waals surface area contributed by atoms with Crippen molar-refractivity contribution in [1.29, 1.82) is 0 Å². The maximum Gasteiger partial charge on any atom is 0.323 e. The molecule has 8 heteroatoms. The summed E-state index contributed by atoms with van der Waals surface area (Å²) in [7, 11) is 1.63. The van der Waals surface area contributed by atoms with Crippen LogP contribution in [0, 0.1) is 6.92 Å². The van der Waals surface area contributed by atoms with Gasteiger partial charge in [0.05, 0.1) is 11.8 Å². The lowest BCUT2D eigenvalue weighted by molar-refractivity contribution is -0.140. The van der Waals surface area contributed by atoms with Crippen molar-refractivity contribution in [2.24, 2.45) is 7.05 Å². The summed E-state index contributed by atoms with van der Waals surface area (Å²) in [5, 5.41) is 21.2. The van der Waals surface area contributed by atoms with Gasteiger partial charge in [-0.3, -0.25) is 19.1 Å². The van der Waals surface area contributed by atoms with E-state index in [0.29, 0.717) is 5.69 Å². The van der Waals surface area contributed by atoms with Crippen molar-refractivity contribution in [3.05, 3.63) is 17.5 Å². The Morgan fingerprint density at radius 2 is 1.78 bits per heavy atom. The smallest absolute Gasteiger partial charge is 0.323 e. The van der Waals surface area contributed by atoms with E-state index in [9.17, 15) is 14.4 Å². The summed E-state index contributed by atoms with van der Waals surface area (Å²) in [6.45, 7) is 0.304. The standard InChI is InChI=1S/C10H13N3O5/c1-6-7(3-11-12(6)2)10(18)13(4-8(14)15)5-9(16)17/h3H,4-5H2,1-2H3,(H,14,15)(H,16,17). The van der Waals surface area contributed by atoms with E-state index in [4.69, 9.17) is 10.2 Å². The molecule has 0 unspecified atom stereocenters. The van der Waals surface area contributed by atoms with Gasteiger partial charge in [-0.1, -0.05) is 0 Å². The first-order valence-electron chi connectivity index (χ1n) is 5.04. The van der Waals surface area contributed by atoms with Crippen molar-refractivity contribution in [3.8, 4) is 0 Å². The molecule has 1 aromatic rings. The molecule has 0 atom stereocenters. The van der Waals surface area contributed by atoms with Crippen molar-refractivity contribution in [1.82, 2.24) is 14.7 Å². The molecule has 1 rings (SSSR count). The molecule has 0 aromatic carbocycles. The molecule has 0 spiro atoms. The van der Waals surface area contributed by atoms with Crippen molar-refractivity contribution < 1.29 is 24.6 Å². The zero-order valence-corrected chi connectivity index (χ0v) is 9.95. The predicted molar refractivity (Wildman–Crippen MR) is 59.1 cm³/mol. The summed E-state index contributed by atoms with van der Waals surface area (Å²) in [6.07, 6.45) is 1.29. The third-order valence-electron chi connectivity index (χ3n) is 2.41. The van der Waals surface area contributed by atoms with E-state index in [1.807, 2.05) is 0 Å². The maximum absolute atomic E-state index is 12.0. The van der Waals surface area contributed by atoms with E-state index >= 15 is 0 Å². The molecule has 0 aliphatic carbocycles. The number of carbonyl (C=O) groups is 3. The number of carbonyl (C=O) groups excluding carboxylic acids is 1. The summed E-state index contributed by atoms with van der Waals surface area (Å²) in [4.78, 5) is 34.0. The van der Waals surface area contributed by atoms with Crippen molar-refractivity contribution >= 4 is 17.8 Å². The first-order chi connectivity index (χ1) is 8.32. The number of hydrogen-bond acceptors (Lipinski definition) is 4. The van der Waals surface area contributed by atoms with Crippen LogP contribution in [0.2, 0.25) is 0 Å². The van der Waals surface area contributed by atoms with Gasteiger partial charge < -0.3 is 15.1 Å². The highest BCUT2D eigenvalue weighted by Gasteiger charge is 2.23. The average Bonchev–Trinajstić information content (AvgIpc) is 2.56. The van der Waals surface area contributed by atoms with Crippen LogP contribution in [0.25, 0.3) is 0 Å². The molecule has 0 aliphatic heterocycles. The van der Waals surface area contributed by atoms with Crippen molar-refractivity contribution in [2.75, 3.05) is 13.1 Å². The fourth-order valence-electron chi connectivity index (χ4n) is 1.41. The van der Waals surface area contributed by atoms with E-state index < -0.39 is 30.9 Å². The normalized spacial score (nSPS) is 10.1. The van der Waals surface area contributed by atoms with Crippen LogP contribution in [0.1, 0.15) is 16.1 Å². The molecule has 2 N–H and O–H groups in total. The molecule has 1 heterocycles. The van der Waals surface area contributed by atoms with Gasteiger partial charge in [-0.15, -0.1) is 0 Å². The summed E-state index contributed by atoms with van der Waals surface area (Å²) in [5.41, 5.74) is 0.737. The number of amides is 1. The molecule has 8 nitrogen and oxygen atoms in total. The molecule has 1 amide bonds. The van der Waals surface area contributed by atoms with Crippen LogP contribution in [-0.4, -0.2) is 55.8 Å². The van der Waals surface area contributed by atoms with Crippen LogP contribution < -0.4 is 0 Å². The minimum absolute atomic E-state index is 0.194. The number of aliphatic carboxylic acids is 2. The second-order valence-corrected chi connectivity index (χ2v) is 3.72. The Hall–Kier alpha value is -2.38. The fraction of sp³-hybridized carbons (Fsp3) is 0.400. The van der Waals surface area contributed by atoms with Gasteiger partial charge in [-0.2, -0.15) is 5.10 Å². The molecule has 0 aliphatic rings. The van der Waals surface area contributed by atoms with Crippen LogP contribution in [0.15, 0.2) is 6.20 Å². The summed E-state index contributed by atoms with van der Waals surface area (Å²) in [5.74, 6) is -3.21. The number of rotatable bonds is 5. The third-order valence-corrected chi connectivity index (χ3v) is 2.41. The Morgan fingerprint density at radius 1 is 1.28 bits per heavy atom. The summed E-state index contributed by atoms with van der Waals surface area (Å²) in [6, 6.07) is 0. The lowest BCUT2D eigenvalue weighted by Crippen LogP contribution is -2.39. The molecular weight excluding hydrogens is 242 g/mol. The minimum Gasteiger partial charge on any atom is -0.480 e. The molecular formula is C10H13N3O5. The Labute approximate surface area is 102 Å². The van der Waals surface area contributed by atoms with Gasteiger partial charge in [0, 0.05) is 12.7 Å². The zero-order chi connectivity index (χ0) is 13.9. The van der Waals surface area contributed by atoms with E-state index in [1.165, 1.54) is 10.9 Å². The van der Waals surface area contributed by atoms with Gasteiger partial charge in [0.25, 0.3) is 5.91 Å². The minimum atomic E-state index is -1.27.